The minimum atomic E-state index is -0.889. The first-order chi connectivity index (χ1) is 17.4. The Hall–Kier alpha value is -4.58. The van der Waals surface area contributed by atoms with E-state index in [2.05, 4.69) is 32.5 Å². The average Bonchev–Trinajstić information content (AvgIpc) is 3.47. The molecule has 0 spiro atoms. The van der Waals surface area contributed by atoms with Crippen LogP contribution >= 0.6 is 0 Å². The molecule has 1 aliphatic heterocycles. The summed E-state index contributed by atoms with van der Waals surface area (Å²) < 4.78 is 37.1. The summed E-state index contributed by atoms with van der Waals surface area (Å²) in [7, 11) is 0. The fourth-order valence-electron chi connectivity index (χ4n) is 4.51. The normalized spacial score (nSPS) is 15.0. The van der Waals surface area contributed by atoms with Gasteiger partial charge in [0.1, 0.15) is 40.7 Å². The van der Waals surface area contributed by atoms with E-state index < -0.39 is 17.7 Å². The number of nitrogens with zero attached hydrogens (tertiary/aromatic N) is 9. The summed E-state index contributed by atoms with van der Waals surface area (Å²) in [6, 6.07) is 6.40. The predicted octanol–water partition coefficient (Wildman–Crippen LogP) is 3.70. The van der Waals surface area contributed by atoms with Gasteiger partial charge in [-0.2, -0.15) is 10.5 Å². The molecule has 1 saturated heterocycles. The Morgan fingerprint density at radius 3 is 2.58 bits per heavy atom. The Bertz CT molecular complexity index is 1520. The third-order valence-corrected chi connectivity index (χ3v) is 6.36. The molecule has 1 atom stereocenters. The van der Waals surface area contributed by atoms with E-state index in [1.807, 2.05) is 11.6 Å². The molecule has 5 rings (SSSR count). The number of hydrogen-bond donors (Lipinski definition) is 0. The Balaban J connectivity index is 1.53. The van der Waals surface area contributed by atoms with E-state index in [-0.39, 0.29) is 23.3 Å². The van der Waals surface area contributed by atoms with E-state index in [1.54, 1.807) is 24.0 Å². The topological polar surface area (TPSA) is 121 Å². The van der Waals surface area contributed by atoms with Crippen molar-refractivity contribution in [3.8, 4) is 29.4 Å². The van der Waals surface area contributed by atoms with Crippen LogP contribution in [0.25, 0.3) is 16.9 Å². The molecule has 0 N–H and O–H groups in total. The van der Waals surface area contributed by atoms with Gasteiger partial charge in [0.25, 0.3) is 0 Å². The van der Waals surface area contributed by atoms with Gasteiger partial charge in [0, 0.05) is 30.8 Å². The molecule has 1 unspecified atom stereocenters. The molecule has 0 aromatic carbocycles. The van der Waals surface area contributed by atoms with Crippen LogP contribution in [0.1, 0.15) is 49.0 Å². The van der Waals surface area contributed by atoms with Crippen molar-refractivity contribution in [2.75, 3.05) is 13.1 Å². The highest BCUT2D eigenvalue weighted by Crippen LogP contribution is 2.32. The second-order valence-corrected chi connectivity index (χ2v) is 8.60. The molecular weight excluding hydrogens is 468 g/mol. The SMILES string of the molecule is Cc1c(-c2cc(OC(C)c3ncc(F)cc3F)n3c(C#N)cnc3c2)nnn1C1CCN(C#N)CC1. The Morgan fingerprint density at radius 2 is 1.89 bits per heavy atom. The van der Waals surface area contributed by atoms with Crippen molar-refractivity contribution in [1.29, 1.82) is 10.5 Å². The van der Waals surface area contributed by atoms with Crippen LogP contribution in [0.15, 0.2) is 30.6 Å². The van der Waals surface area contributed by atoms with E-state index in [1.165, 1.54) is 10.6 Å². The molecule has 36 heavy (non-hydrogen) atoms. The zero-order chi connectivity index (χ0) is 25.4. The maximum Gasteiger partial charge on any atom is 0.201 e. The number of piperidine rings is 1. The van der Waals surface area contributed by atoms with Crippen LogP contribution in [-0.4, -0.2) is 47.4 Å². The highest BCUT2D eigenvalue weighted by atomic mass is 19.1. The summed E-state index contributed by atoms with van der Waals surface area (Å²) >= 11 is 0. The minimum absolute atomic E-state index is 0.0700. The molecule has 10 nitrogen and oxygen atoms in total. The van der Waals surface area contributed by atoms with E-state index in [9.17, 15) is 14.0 Å². The Morgan fingerprint density at radius 1 is 1.11 bits per heavy atom. The lowest BCUT2D eigenvalue weighted by atomic mass is 10.0. The number of aromatic nitrogens is 6. The molecule has 0 radical (unpaired) electrons. The van der Waals surface area contributed by atoms with Gasteiger partial charge >= 0.3 is 0 Å². The molecule has 5 heterocycles. The first-order valence-corrected chi connectivity index (χ1v) is 11.4. The molecule has 1 fully saturated rings. The lowest BCUT2D eigenvalue weighted by Gasteiger charge is -2.28. The van der Waals surface area contributed by atoms with Crippen molar-refractivity contribution in [2.45, 2.75) is 38.8 Å². The van der Waals surface area contributed by atoms with Gasteiger partial charge in [0.05, 0.1) is 24.1 Å². The van der Waals surface area contributed by atoms with E-state index in [0.29, 0.717) is 30.0 Å². The number of nitriles is 2. The van der Waals surface area contributed by atoms with Crippen LogP contribution < -0.4 is 4.74 Å². The van der Waals surface area contributed by atoms with Gasteiger partial charge in [-0.05, 0) is 32.8 Å². The van der Waals surface area contributed by atoms with Crippen LogP contribution in [0.4, 0.5) is 8.78 Å². The van der Waals surface area contributed by atoms with E-state index in [0.717, 1.165) is 30.8 Å². The third kappa shape index (κ3) is 4.07. The van der Waals surface area contributed by atoms with Gasteiger partial charge in [-0.1, -0.05) is 5.21 Å². The molecule has 0 saturated carbocycles. The Labute approximate surface area is 205 Å². The molecule has 1 aliphatic rings. The fraction of sp³-hybridized carbons (Fsp3) is 0.333. The second-order valence-electron chi connectivity index (χ2n) is 8.60. The summed E-state index contributed by atoms with van der Waals surface area (Å²) in [5, 5.41) is 27.4. The number of hydrogen-bond acceptors (Lipinski definition) is 8. The molecule has 0 aliphatic carbocycles. The smallest absolute Gasteiger partial charge is 0.201 e. The minimum Gasteiger partial charge on any atom is -0.469 e. The number of pyridine rings is 2. The van der Waals surface area contributed by atoms with Crippen molar-refractivity contribution >= 4 is 5.65 Å². The van der Waals surface area contributed by atoms with Crippen LogP contribution in [0.5, 0.6) is 5.88 Å². The van der Waals surface area contributed by atoms with E-state index in [4.69, 9.17) is 10.00 Å². The maximum atomic E-state index is 14.3. The molecule has 182 valence electrons. The molecule has 4 aromatic rings. The molecule has 0 bridgehead atoms. The van der Waals surface area contributed by atoms with Gasteiger partial charge in [0.15, 0.2) is 12.0 Å². The monoisotopic (exact) mass is 489 g/mol. The zero-order valence-electron chi connectivity index (χ0n) is 19.6. The van der Waals surface area contributed by atoms with Crippen LogP contribution in [0, 0.1) is 41.3 Å². The van der Waals surface area contributed by atoms with Crippen LogP contribution in [0.3, 0.4) is 0 Å². The summed E-state index contributed by atoms with van der Waals surface area (Å²) in [5.74, 6) is -1.39. The van der Waals surface area contributed by atoms with Crippen molar-refractivity contribution < 1.29 is 13.5 Å². The van der Waals surface area contributed by atoms with Gasteiger partial charge in [-0.25, -0.2) is 18.4 Å². The lowest BCUT2D eigenvalue weighted by molar-refractivity contribution is 0.204. The number of rotatable bonds is 5. The first-order valence-electron chi connectivity index (χ1n) is 11.4. The summed E-state index contributed by atoms with van der Waals surface area (Å²) in [6.45, 7) is 4.83. The van der Waals surface area contributed by atoms with Gasteiger partial charge in [-0.15, -0.1) is 5.10 Å². The van der Waals surface area contributed by atoms with Gasteiger partial charge in [0.2, 0.25) is 5.88 Å². The number of halogens is 2. The third-order valence-electron chi connectivity index (χ3n) is 6.36. The Kier molecular flexibility index (Phi) is 5.94. The molecular formula is C24H21F2N9O. The summed E-state index contributed by atoms with van der Waals surface area (Å²) in [6.07, 6.45) is 5.19. The van der Waals surface area contributed by atoms with Crippen LogP contribution in [0.2, 0.25) is 0 Å². The number of fused-ring (bicyclic) bond motifs is 1. The largest absolute Gasteiger partial charge is 0.469 e. The maximum absolute atomic E-state index is 14.3. The fourth-order valence-corrected chi connectivity index (χ4v) is 4.51. The van der Waals surface area contributed by atoms with Gasteiger partial charge < -0.3 is 9.64 Å². The standard InChI is InChI=1S/C24H21F2N9O/c1-14-23(31-32-35(14)18-3-5-33(13-28)6-4-18)16-7-21-29-12-19(10-27)34(21)22(8-16)36-15(2)24-20(26)9-17(25)11-30-24/h7-9,11-12,15,18H,3-6H2,1-2H3. The van der Waals surface area contributed by atoms with Gasteiger partial charge in [-0.3, -0.25) is 9.38 Å². The predicted molar refractivity (Wildman–Crippen MR) is 122 cm³/mol. The molecule has 0 amide bonds. The lowest BCUT2D eigenvalue weighted by Crippen LogP contribution is -2.31. The van der Waals surface area contributed by atoms with E-state index >= 15 is 0 Å². The van der Waals surface area contributed by atoms with Crippen molar-refractivity contribution in [1.82, 2.24) is 34.3 Å². The molecule has 4 aromatic heterocycles. The van der Waals surface area contributed by atoms with Crippen molar-refractivity contribution in [3.63, 3.8) is 0 Å². The number of likely N-dealkylation sites (tertiary alicyclic amines) is 1. The van der Waals surface area contributed by atoms with Crippen LogP contribution in [-0.2, 0) is 0 Å². The van der Waals surface area contributed by atoms with Crippen molar-refractivity contribution in [2.24, 2.45) is 0 Å². The first kappa shape index (κ1) is 23.2. The highest BCUT2D eigenvalue weighted by molar-refractivity contribution is 5.68. The zero-order valence-corrected chi connectivity index (χ0v) is 19.6. The number of imidazole rings is 1. The number of ether oxygens (including phenoxy) is 1. The molecule has 12 heteroatoms. The second kappa shape index (κ2) is 9.23. The summed E-state index contributed by atoms with van der Waals surface area (Å²) in [5.41, 5.74) is 2.72. The van der Waals surface area contributed by atoms with Crippen molar-refractivity contribution in [3.05, 3.63) is 59.3 Å². The quantitative estimate of drug-likeness (QED) is 0.389. The summed E-state index contributed by atoms with van der Waals surface area (Å²) in [4.78, 5) is 9.88. The average molecular weight is 489 g/mol. The highest BCUT2D eigenvalue weighted by Gasteiger charge is 2.25.